The number of benzene rings is 2. The average molecular weight is 376 g/mol. The van der Waals surface area contributed by atoms with Gasteiger partial charge in [0.1, 0.15) is 5.75 Å². The van der Waals surface area contributed by atoms with Gasteiger partial charge in [-0.1, -0.05) is 50.6 Å². The smallest absolute Gasteiger partial charge is 0.241 e. The van der Waals surface area contributed by atoms with Crippen LogP contribution in [0.3, 0.4) is 0 Å². The van der Waals surface area contributed by atoms with E-state index in [-0.39, 0.29) is 12.0 Å². The van der Waals surface area contributed by atoms with Crippen LogP contribution in [0.25, 0.3) is 0 Å². The second-order valence-corrected chi connectivity index (χ2v) is 8.69. The Labute approximate surface area is 157 Å². The first-order valence-electron chi connectivity index (χ1n) is 8.97. The fraction of sp³-hybridized carbons (Fsp3) is 0.429. The highest BCUT2D eigenvalue weighted by Gasteiger charge is 2.24. The number of nitrogens with one attached hydrogen (secondary N) is 1. The lowest BCUT2D eigenvalue weighted by atomic mass is 10.0. The molecule has 0 spiro atoms. The van der Waals surface area contributed by atoms with Gasteiger partial charge < -0.3 is 4.74 Å². The number of hydrogen-bond donors (Lipinski definition) is 1. The summed E-state index contributed by atoms with van der Waals surface area (Å²) in [4.78, 5) is 0.313. The number of methoxy groups -OCH3 is 1. The molecule has 0 fully saturated rings. The monoisotopic (exact) mass is 375 g/mol. The van der Waals surface area contributed by atoms with Gasteiger partial charge in [-0.3, -0.25) is 0 Å². The largest absolute Gasteiger partial charge is 0.496 e. The summed E-state index contributed by atoms with van der Waals surface area (Å²) in [6.45, 7) is 9.85. The van der Waals surface area contributed by atoms with E-state index < -0.39 is 10.0 Å². The molecule has 0 aliphatic rings. The van der Waals surface area contributed by atoms with E-state index in [0.717, 1.165) is 22.4 Å². The van der Waals surface area contributed by atoms with Crippen LogP contribution < -0.4 is 9.46 Å². The fourth-order valence-corrected chi connectivity index (χ4v) is 4.60. The average Bonchev–Trinajstić information content (AvgIpc) is 2.59. The molecule has 0 bridgehead atoms. The van der Waals surface area contributed by atoms with Crippen molar-refractivity contribution in [1.82, 2.24) is 4.72 Å². The summed E-state index contributed by atoms with van der Waals surface area (Å²) < 4.78 is 34.5. The van der Waals surface area contributed by atoms with Gasteiger partial charge in [-0.05, 0) is 55.0 Å². The van der Waals surface area contributed by atoms with Crippen LogP contribution in [0.15, 0.2) is 41.3 Å². The second kappa shape index (κ2) is 8.23. The summed E-state index contributed by atoms with van der Waals surface area (Å²) in [7, 11) is -2.04. The van der Waals surface area contributed by atoms with Crippen molar-refractivity contribution in [2.24, 2.45) is 0 Å². The summed E-state index contributed by atoms with van der Waals surface area (Å²) >= 11 is 0. The molecule has 26 heavy (non-hydrogen) atoms. The van der Waals surface area contributed by atoms with Crippen molar-refractivity contribution in [3.05, 3.63) is 58.7 Å². The molecule has 2 rings (SSSR count). The van der Waals surface area contributed by atoms with E-state index in [2.05, 4.69) is 4.72 Å². The molecule has 2 aromatic rings. The van der Waals surface area contributed by atoms with Gasteiger partial charge in [-0.2, -0.15) is 0 Å². The molecule has 0 aliphatic heterocycles. The molecule has 142 valence electrons. The normalized spacial score (nSPS) is 13.0. The Morgan fingerprint density at radius 1 is 1.08 bits per heavy atom. The van der Waals surface area contributed by atoms with Crippen molar-refractivity contribution in [2.75, 3.05) is 7.11 Å². The Balaban J connectivity index is 2.43. The molecule has 5 heteroatoms. The highest BCUT2D eigenvalue weighted by Crippen LogP contribution is 2.32. The lowest BCUT2D eigenvalue weighted by Crippen LogP contribution is -2.29. The number of hydrogen-bond acceptors (Lipinski definition) is 3. The molecule has 4 nitrogen and oxygen atoms in total. The van der Waals surface area contributed by atoms with Gasteiger partial charge >= 0.3 is 0 Å². The Hall–Kier alpha value is -1.85. The molecule has 0 aromatic heterocycles. The zero-order valence-corrected chi connectivity index (χ0v) is 17.3. The van der Waals surface area contributed by atoms with Gasteiger partial charge in [0.05, 0.1) is 12.0 Å². The van der Waals surface area contributed by atoms with Crippen molar-refractivity contribution in [3.8, 4) is 5.75 Å². The van der Waals surface area contributed by atoms with Crippen LogP contribution in [-0.2, 0) is 10.0 Å². The van der Waals surface area contributed by atoms with E-state index in [1.807, 2.05) is 52.0 Å². The zero-order valence-electron chi connectivity index (χ0n) is 16.5. The van der Waals surface area contributed by atoms with Gasteiger partial charge in [0, 0.05) is 6.04 Å². The van der Waals surface area contributed by atoms with Crippen LogP contribution in [0.4, 0.5) is 0 Å². The number of sulfonamides is 1. The third-order valence-electron chi connectivity index (χ3n) is 4.62. The minimum Gasteiger partial charge on any atom is -0.496 e. The van der Waals surface area contributed by atoms with Crippen molar-refractivity contribution in [2.45, 2.75) is 57.9 Å². The number of ether oxygens (including phenoxy) is 1. The Bertz CT molecular complexity index is 856. The zero-order chi connectivity index (χ0) is 19.5. The molecule has 0 heterocycles. The minimum atomic E-state index is -3.65. The maximum atomic E-state index is 13.1. The lowest BCUT2D eigenvalue weighted by molar-refractivity contribution is 0.406. The van der Waals surface area contributed by atoms with E-state index in [1.54, 1.807) is 26.2 Å². The second-order valence-electron chi connectivity index (χ2n) is 7.01. The third kappa shape index (κ3) is 4.46. The van der Waals surface area contributed by atoms with E-state index in [4.69, 9.17) is 4.74 Å². The van der Waals surface area contributed by atoms with E-state index in [9.17, 15) is 8.42 Å². The quantitative estimate of drug-likeness (QED) is 0.751. The standard InChI is InChI=1S/C21H29NO3S/c1-7-19(17-10-8-15(4)9-11-17)22-26(23,24)21-13-18(14(2)3)20(25-6)12-16(21)5/h8-14,19,22H,7H2,1-6H3. The molecule has 1 N–H and O–H groups in total. The van der Waals surface area contributed by atoms with E-state index in [0.29, 0.717) is 16.9 Å². The van der Waals surface area contributed by atoms with Crippen molar-refractivity contribution >= 4 is 10.0 Å². The lowest BCUT2D eigenvalue weighted by Gasteiger charge is -2.20. The molecule has 0 saturated heterocycles. The van der Waals surface area contributed by atoms with Crippen molar-refractivity contribution in [1.29, 1.82) is 0 Å². The molecule has 0 aliphatic carbocycles. The van der Waals surface area contributed by atoms with Crippen LogP contribution in [-0.4, -0.2) is 15.5 Å². The molecule has 0 amide bonds. The SMILES string of the molecule is CCC(NS(=O)(=O)c1cc(C(C)C)c(OC)cc1C)c1ccc(C)cc1. The van der Waals surface area contributed by atoms with Crippen LogP contribution >= 0.6 is 0 Å². The minimum absolute atomic E-state index is 0.165. The summed E-state index contributed by atoms with van der Waals surface area (Å²) in [5, 5.41) is 0. The summed E-state index contributed by atoms with van der Waals surface area (Å²) in [5.74, 6) is 0.889. The van der Waals surface area contributed by atoms with Crippen LogP contribution in [0.1, 0.15) is 61.4 Å². The first-order chi connectivity index (χ1) is 12.2. The predicted molar refractivity (Wildman–Crippen MR) is 106 cm³/mol. The number of rotatable bonds is 7. The summed E-state index contributed by atoms with van der Waals surface area (Å²) in [6.07, 6.45) is 0.675. The van der Waals surface area contributed by atoms with Crippen molar-refractivity contribution in [3.63, 3.8) is 0 Å². The molecule has 0 saturated carbocycles. The van der Waals surface area contributed by atoms with Gasteiger partial charge in [0.25, 0.3) is 0 Å². The Morgan fingerprint density at radius 3 is 2.19 bits per heavy atom. The molecule has 2 aromatic carbocycles. The van der Waals surface area contributed by atoms with Gasteiger partial charge in [-0.25, -0.2) is 13.1 Å². The molecular formula is C21H29NO3S. The maximum absolute atomic E-state index is 13.1. The van der Waals surface area contributed by atoms with Gasteiger partial charge in [0.2, 0.25) is 10.0 Å². The van der Waals surface area contributed by atoms with E-state index in [1.165, 1.54) is 0 Å². The first kappa shape index (κ1) is 20.5. The number of aryl methyl sites for hydroxylation is 2. The van der Waals surface area contributed by atoms with Crippen LogP contribution in [0.5, 0.6) is 5.75 Å². The molecule has 1 unspecified atom stereocenters. The Morgan fingerprint density at radius 2 is 1.69 bits per heavy atom. The first-order valence-corrected chi connectivity index (χ1v) is 10.4. The van der Waals surface area contributed by atoms with Crippen LogP contribution in [0.2, 0.25) is 0 Å². The highest BCUT2D eigenvalue weighted by atomic mass is 32.2. The maximum Gasteiger partial charge on any atom is 0.241 e. The molecule has 0 radical (unpaired) electrons. The van der Waals surface area contributed by atoms with Crippen molar-refractivity contribution < 1.29 is 13.2 Å². The third-order valence-corrected chi connectivity index (χ3v) is 6.24. The predicted octanol–water partition coefficient (Wildman–Crippen LogP) is 4.87. The summed E-state index contributed by atoms with van der Waals surface area (Å²) in [5.41, 5.74) is 3.69. The van der Waals surface area contributed by atoms with Crippen LogP contribution in [0, 0.1) is 13.8 Å². The molecule has 1 atom stereocenters. The fourth-order valence-electron chi connectivity index (χ4n) is 3.03. The molecular weight excluding hydrogens is 346 g/mol. The van der Waals surface area contributed by atoms with E-state index >= 15 is 0 Å². The highest BCUT2D eigenvalue weighted by molar-refractivity contribution is 7.89. The van der Waals surface area contributed by atoms with Gasteiger partial charge in [-0.15, -0.1) is 0 Å². The topological polar surface area (TPSA) is 55.4 Å². The summed E-state index contributed by atoms with van der Waals surface area (Å²) in [6, 6.07) is 11.2. The Kier molecular flexibility index (Phi) is 6.48. The van der Waals surface area contributed by atoms with Gasteiger partial charge in [0.15, 0.2) is 0 Å².